The lowest BCUT2D eigenvalue weighted by Gasteiger charge is -2.37. The summed E-state index contributed by atoms with van der Waals surface area (Å²) in [6, 6.07) is 2.41. The zero-order valence-corrected chi connectivity index (χ0v) is 12.3. The molecule has 0 aromatic carbocycles. The molecule has 1 aromatic rings. The molecular weight excluding hydrogens is 250 g/mol. The number of anilines is 1. The smallest absolute Gasteiger partial charge is 0.133 e. The van der Waals surface area contributed by atoms with Gasteiger partial charge in [0, 0.05) is 24.8 Å². The maximum absolute atomic E-state index is 10.3. The Morgan fingerprint density at radius 2 is 2.10 bits per heavy atom. The Hall–Kier alpha value is -1.13. The summed E-state index contributed by atoms with van der Waals surface area (Å²) in [7, 11) is 2.06. The molecule has 20 heavy (non-hydrogen) atoms. The van der Waals surface area contributed by atoms with Gasteiger partial charge in [0.1, 0.15) is 5.82 Å². The topological polar surface area (TPSA) is 62.4 Å². The quantitative estimate of drug-likeness (QED) is 0.882. The molecule has 0 radical (unpaired) electrons. The Bertz CT molecular complexity index is 489. The van der Waals surface area contributed by atoms with E-state index in [4.69, 9.17) is 10.7 Å². The number of likely N-dealkylation sites (N-methyl/N-ethyl adjacent to an activating group) is 1. The van der Waals surface area contributed by atoms with Crippen LogP contribution < -0.4 is 10.6 Å². The summed E-state index contributed by atoms with van der Waals surface area (Å²) in [6.45, 7) is 0.517. The molecule has 0 amide bonds. The van der Waals surface area contributed by atoms with Crippen molar-refractivity contribution < 1.29 is 5.11 Å². The maximum Gasteiger partial charge on any atom is 0.133 e. The fourth-order valence-electron chi connectivity index (χ4n) is 3.66. The van der Waals surface area contributed by atoms with Crippen molar-refractivity contribution in [2.45, 2.75) is 63.6 Å². The standard InChI is InChI=1S/C16H25N3O/c1-19(14-7-2-3-8-15(14)20)16-12(10-17)9-11-5-4-6-13(11)18-16/h9,14-15,20H,2-8,10,17H2,1H3. The first-order valence-corrected chi connectivity index (χ1v) is 7.83. The van der Waals surface area contributed by atoms with Crippen molar-refractivity contribution in [3.05, 3.63) is 22.9 Å². The van der Waals surface area contributed by atoms with E-state index in [0.29, 0.717) is 6.54 Å². The highest BCUT2D eigenvalue weighted by Crippen LogP contribution is 2.31. The van der Waals surface area contributed by atoms with Gasteiger partial charge in [0.15, 0.2) is 0 Å². The molecule has 0 saturated heterocycles. The first kappa shape index (κ1) is 13.8. The van der Waals surface area contributed by atoms with Crippen LogP contribution >= 0.6 is 0 Å². The van der Waals surface area contributed by atoms with Crippen LogP contribution in [0.4, 0.5) is 5.82 Å². The highest BCUT2D eigenvalue weighted by Gasteiger charge is 2.29. The average molecular weight is 275 g/mol. The largest absolute Gasteiger partial charge is 0.391 e. The molecule has 2 unspecified atom stereocenters. The molecule has 1 saturated carbocycles. The number of aliphatic hydroxyl groups is 1. The van der Waals surface area contributed by atoms with Crippen LogP contribution in [0.25, 0.3) is 0 Å². The number of hydrogen-bond acceptors (Lipinski definition) is 4. The van der Waals surface area contributed by atoms with Gasteiger partial charge in [-0.15, -0.1) is 0 Å². The third kappa shape index (κ3) is 2.42. The second kappa shape index (κ2) is 5.70. The molecule has 110 valence electrons. The third-order valence-corrected chi connectivity index (χ3v) is 4.85. The Labute approximate surface area is 121 Å². The van der Waals surface area contributed by atoms with Gasteiger partial charge in [-0.2, -0.15) is 0 Å². The van der Waals surface area contributed by atoms with E-state index < -0.39 is 0 Å². The van der Waals surface area contributed by atoms with Crippen molar-refractivity contribution in [3.63, 3.8) is 0 Å². The second-order valence-corrected chi connectivity index (χ2v) is 6.16. The summed E-state index contributed by atoms with van der Waals surface area (Å²) < 4.78 is 0. The summed E-state index contributed by atoms with van der Waals surface area (Å²) in [4.78, 5) is 7.04. The molecule has 3 N–H and O–H groups in total. The van der Waals surface area contributed by atoms with E-state index in [-0.39, 0.29) is 12.1 Å². The van der Waals surface area contributed by atoms with Crippen LogP contribution in [-0.2, 0) is 19.4 Å². The monoisotopic (exact) mass is 275 g/mol. The van der Waals surface area contributed by atoms with Gasteiger partial charge in [-0.3, -0.25) is 0 Å². The lowest BCUT2D eigenvalue weighted by atomic mass is 9.91. The number of nitrogens with zero attached hydrogens (tertiary/aromatic N) is 2. The molecule has 3 rings (SSSR count). The Morgan fingerprint density at radius 3 is 2.85 bits per heavy atom. The maximum atomic E-state index is 10.3. The Balaban J connectivity index is 1.92. The predicted molar refractivity (Wildman–Crippen MR) is 80.8 cm³/mol. The van der Waals surface area contributed by atoms with Crippen molar-refractivity contribution in [3.8, 4) is 0 Å². The third-order valence-electron chi connectivity index (χ3n) is 4.85. The molecule has 4 heteroatoms. The van der Waals surface area contributed by atoms with Crippen molar-refractivity contribution >= 4 is 5.82 Å². The van der Waals surface area contributed by atoms with Gasteiger partial charge in [0.05, 0.1) is 12.1 Å². The van der Waals surface area contributed by atoms with Crippen LogP contribution in [0, 0.1) is 0 Å². The number of nitrogens with two attached hydrogens (primary N) is 1. The molecule has 0 aliphatic heterocycles. The van der Waals surface area contributed by atoms with E-state index in [1.807, 2.05) is 0 Å². The number of aromatic nitrogens is 1. The molecule has 1 fully saturated rings. The van der Waals surface area contributed by atoms with Crippen LogP contribution in [0.15, 0.2) is 6.07 Å². The van der Waals surface area contributed by atoms with Crippen molar-refractivity contribution in [1.82, 2.24) is 4.98 Å². The van der Waals surface area contributed by atoms with Gasteiger partial charge in [0.25, 0.3) is 0 Å². The molecule has 1 heterocycles. The molecule has 2 atom stereocenters. The molecule has 4 nitrogen and oxygen atoms in total. The van der Waals surface area contributed by atoms with Crippen molar-refractivity contribution in [1.29, 1.82) is 0 Å². The minimum absolute atomic E-state index is 0.181. The van der Waals surface area contributed by atoms with Crippen LogP contribution in [0.3, 0.4) is 0 Å². The van der Waals surface area contributed by atoms with Crippen LogP contribution in [-0.4, -0.2) is 29.3 Å². The highest BCUT2D eigenvalue weighted by molar-refractivity contribution is 5.51. The minimum Gasteiger partial charge on any atom is -0.391 e. The molecule has 1 aromatic heterocycles. The number of pyridine rings is 1. The summed E-state index contributed by atoms with van der Waals surface area (Å²) in [5.74, 6) is 0.985. The molecule has 0 spiro atoms. The highest BCUT2D eigenvalue weighted by atomic mass is 16.3. The predicted octanol–water partition coefficient (Wildman–Crippen LogP) is 1.77. The average Bonchev–Trinajstić information content (AvgIpc) is 2.92. The zero-order chi connectivity index (χ0) is 14.1. The van der Waals surface area contributed by atoms with Crippen molar-refractivity contribution in [2.75, 3.05) is 11.9 Å². The van der Waals surface area contributed by atoms with E-state index in [9.17, 15) is 5.11 Å². The summed E-state index contributed by atoms with van der Waals surface area (Å²) in [5, 5.41) is 10.3. The Kier molecular flexibility index (Phi) is 3.94. The number of hydrogen-bond donors (Lipinski definition) is 2. The van der Waals surface area contributed by atoms with Crippen LogP contribution in [0.1, 0.15) is 48.9 Å². The lowest BCUT2D eigenvalue weighted by Crippen LogP contribution is -2.44. The number of aliphatic hydroxyl groups excluding tert-OH is 1. The molecule has 2 aliphatic rings. The minimum atomic E-state index is -0.241. The first-order chi connectivity index (χ1) is 9.70. The molecule has 2 aliphatic carbocycles. The van der Waals surface area contributed by atoms with Gasteiger partial charge in [0.2, 0.25) is 0 Å². The fourth-order valence-corrected chi connectivity index (χ4v) is 3.66. The first-order valence-electron chi connectivity index (χ1n) is 7.83. The number of fused-ring (bicyclic) bond motifs is 1. The van der Waals surface area contributed by atoms with E-state index >= 15 is 0 Å². The van der Waals surface area contributed by atoms with Crippen LogP contribution in [0.5, 0.6) is 0 Å². The normalized spacial score (nSPS) is 25.6. The van der Waals surface area contributed by atoms with Gasteiger partial charge in [-0.25, -0.2) is 4.98 Å². The van der Waals surface area contributed by atoms with Gasteiger partial charge in [-0.1, -0.05) is 12.8 Å². The van der Waals surface area contributed by atoms with E-state index in [2.05, 4.69) is 18.0 Å². The van der Waals surface area contributed by atoms with Crippen LogP contribution in [0.2, 0.25) is 0 Å². The molecular formula is C16H25N3O. The van der Waals surface area contributed by atoms with E-state index in [1.54, 1.807) is 0 Å². The molecule has 0 bridgehead atoms. The number of aryl methyl sites for hydroxylation is 2. The second-order valence-electron chi connectivity index (χ2n) is 6.16. The van der Waals surface area contributed by atoms with E-state index in [0.717, 1.165) is 43.5 Å². The Morgan fingerprint density at radius 1 is 1.30 bits per heavy atom. The number of rotatable bonds is 3. The van der Waals surface area contributed by atoms with E-state index in [1.165, 1.54) is 24.1 Å². The van der Waals surface area contributed by atoms with Gasteiger partial charge < -0.3 is 15.7 Å². The zero-order valence-electron chi connectivity index (χ0n) is 12.3. The summed E-state index contributed by atoms with van der Waals surface area (Å²) in [6.07, 6.45) is 7.43. The summed E-state index contributed by atoms with van der Waals surface area (Å²) >= 11 is 0. The van der Waals surface area contributed by atoms with Crippen molar-refractivity contribution in [2.24, 2.45) is 5.73 Å². The fraction of sp³-hybridized carbons (Fsp3) is 0.688. The van der Waals surface area contributed by atoms with Gasteiger partial charge >= 0.3 is 0 Å². The SMILES string of the molecule is CN(c1nc2c(cc1CN)CCC2)C1CCCCC1O. The summed E-state index contributed by atoms with van der Waals surface area (Å²) in [5.41, 5.74) is 9.63. The lowest BCUT2D eigenvalue weighted by molar-refractivity contribution is 0.106. The van der Waals surface area contributed by atoms with Gasteiger partial charge in [-0.05, 0) is 43.7 Å².